The van der Waals surface area contributed by atoms with Crippen LogP contribution in [0.1, 0.15) is 13.8 Å². The molecule has 0 aromatic heterocycles. The van der Waals surface area contributed by atoms with E-state index in [0.29, 0.717) is 36.1 Å². The molecule has 0 unspecified atom stereocenters. The van der Waals surface area contributed by atoms with Crippen LogP contribution in [0.4, 0.5) is 20.2 Å². The van der Waals surface area contributed by atoms with E-state index in [4.69, 9.17) is 9.47 Å². The molecule has 27 heavy (non-hydrogen) atoms. The molecule has 0 saturated carbocycles. The fourth-order valence-electron chi connectivity index (χ4n) is 2.29. The lowest BCUT2D eigenvalue weighted by Crippen LogP contribution is -2.22. The number of anilines is 2. The quantitative estimate of drug-likeness (QED) is 0.649. The Morgan fingerprint density at radius 2 is 1.67 bits per heavy atom. The van der Waals surface area contributed by atoms with Crippen LogP contribution < -0.4 is 24.8 Å². The molecule has 1 amide bonds. The van der Waals surface area contributed by atoms with E-state index in [9.17, 15) is 13.6 Å². The van der Waals surface area contributed by atoms with E-state index in [1.807, 2.05) is 13.8 Å². The summed E-state index contributed by atoms with van der Waals surface area (Å²) in [6.45, 7) is 1.87. The number of hydrogen-bond donors (Lipinski definition) is 2. The Balaban J connectivity index is 1.95. The molecule has 2 aromatic carbocycles. The van der Waals surface area contributed by atoms with Crippen LogP contribution in [0.2, 0.25) is 0 Å². The highest BCUT2D eigenvalue weighted by atomic mass is 19.3. The Kier molecular flexibility index (Phi) is 7.66. The first-order valence-corrected chi connectivity index (χ1v) is 8.50. The van der Waals surface area contributed by atoms with Crippen molar-refractivity contribution < 1.29 is 27.8 Å². The van der Waals surface area contributed by atoms with Crippen molar-refractivity contribution in [1.29, 1.82) is 0 Å². The summed E-state index contributed by atoms with van der Waals surface area (Å²) in [5.74, 6) is 0.998. The summed E-state index contributed by atoms with van der Waals surface area (Å²) in [5.41, 5.74) is 1.11. The smallest absolute Gasteiger partial charge is 0.387 e. The first kappa shape index (κ1) is 20.3. The van der Waals surface area contributed by atoms with E-state index >= 15 is 0 Å². The summed E-state index contributed by atoms with van der Waals surface area (Å²) in [4.78, 5) is 12.1. The van der Waals surface area contributed by atoms with Gasteiger partial charge in [0.15, 0.2) is 0 Å². The third kappa shape index (κ3) is 6.65. The molecular weight excluding hydrogens is 358 g/mol. The van der Waals surface area contributed by atoms with Gasteiger partial charge in [0.2, 0.25) is 5.91 Å². The van der Waals surface area contributed by atoms with E-state index in [1.54, 1.807) is 18.2 Å². The molecule has 2 N–H and O–H groups in total. The van der Waals surface area contributed by atoms with Crippen molar-refractivity contribution in [3.63, 3.8) is 0 Å². The molecule has 0 aliphatic rings. The number of carbonyl (C=O) groups is 1. The Labute approximate surface area is 156 Å². The topological polar surface area (TPSA) is 68.8 Å². The van der Waals surface area contributed by atoms with E-state index < -0.39 is 6.61 Å². The second kappa shape index (κ2) is 10.2. The maximum Gasteiger partial charge on any atom is 0.387 e. The fraction of sp³-hybridized carbons (Fsp3) is 0.316. The monoisotopic (exact) mass is 380 g/mol. The molecule has 0 spiro atoms. The van der Waals surface area contributed by atoms with Gasteiger partial charge in [0.25, 0.3) is 0 Å². The van der Waals surface area contributed by atoms with Crippen LogP contribution in [-0.2, 0) is 4.79 Å². The number of nitrogens with one attached hydrogen (secondary N) is 2. The molecular formula is C19H22F2N2O4. The van der Waals surface area contributed by atoms with Gasteiger partial charge in [-0.2, -0.15) is 8.78 Å². The molecule has 2 rings (SSSR count). The highest BCUT2D eigenvalue weighted by Gasteiger charge is 2.09. The van der Waals surface area contributed by atoms with Crippen LogP contribution in [0.3, 0.4) is 0 Å². The first-order chi connectivity index (χ1) is 13.0. The predicted molar refractivity (Wildman–Crippen MR) is 99.0 cm³/mol. The number of alkyl halides is 2. The van der Waals surface area contributed by atoms with Crippen molar-refractivity contribution in [3.8, 4) is 17.2 Å². The van der Waals surface area contributed by atoms with Crippen LogP contribution in [0.15, 0.2) is 42.5 Å². The molecule has 6 nitrogen and oxygen atoms in total. The normalized spacial score (nSPS) is 10.4. The van der Waals surface area contributed by atoms with Crippen molar-refractivity contribution in [2.75, 3.05) is 30.4 Å². The molecule has 0 atom stereocenters. The maximum absolute atomic E-state index is 12.1. The molecule has 0 saturated heterocycles. The van der Waals surface area contributed by atoms with Crippen molar-refractivity contribution in [2.45, 2.75) is 20.5 Å². The lowest BCUT2D eigenvalue weighted by atomic mass is 10.2. The van der Waals surface area contributed by atoms with Crippen LogP contribution in [0.25, 0.3) is 0 Å². The van der Waals surface area contributed by atoms with Gasteiger partial charge in [0.05, 0.1) is 25.4 Å². The van der Waals surface area contributed by atoms with Crippen LogP contribution in [0, 0.1) is 0 Å². The van der Waals surface area contributed by atoms with Gasteiger partial charge in [-0.15, -0.1) is 0 Å². The van der Waals surface area contributed by atoms with Crippen LogP contribution in [-0.4, -0.2) is 32.3 Å². The van der Waals surface area contributed by atoms with Crippen molar-refractivity contribution in [2.24, 2.45) is 0 Å². The van der Waals surface area contributed by atoms with Crippen LogP contribution >= 0.6 is 0 Å². The van der Waals surface area contributed by atoms with Gasteiger partial charge in [0.1, 0.15) is 17.2 Å². The lowest BCUT2D eigenvalue weighted by molar-refractivity contribution is -0.114. The van der Waals surface area contributed by atoms with E-state index in [0.717, 1.165) is 0 Å². The fourth-order valence-corrected chi connectivity index (χ4v) is 2.29. The summed E-state index contributed by atoms with van der Waals surface area (Å²) < 4.78 is 39.5. The summed E-state index contributed by atoms with van der Waals surface area (Å²) in [5, 5.41) is 5.68. The second-order valence-electron chi connectivity index (χ2n) is 5.33. The minimum atomic E-state index is -2.89. The Hall–Kier alpha value is -3.03. The Morgan fingerprint density at radius 3 is 2.30 bits per heavy atom. The number of carbonyl (C=O) groups excluding carboxylic acids is 1. The minimum Gasteiger partial charge on any atom is -0.494 e. The average molecular weight is 380 g/mol. The molecule has 8 heteroatoms. The van der Waals surface area contributed by atoms with Gasteiger partial charge in [-0.1, -0.05) is 0 Å². The SMILES string of the molecule is CCOc1ccc(OCC)c(NCC(=O)Nc2ccc(OC(F)F)cc2)c1. The highest BCUT2D eigenvalue weighted by molar-refractivity contribution is 5.94. The molecule has 0 aliphatic carbocycles. The molecule has 0 radical (unpaired) electrons. The predicted octanol–water partition coefficient (Wildman–Crippen LogP) is 4.14. The van der Waals surface area contributed by atoms with Gasteiger partial charge in [-0.25, -0.2) is 0 Å². The Morgan fingerprint density at radius 1 is 1.00 bits per heavy atom. The lowest BCUT2D eigenvalue weighted by Gasteiger charge is -2.14. The number of benzene rings is 2. The summed E-state index contributed by atoms with van der Waals surface area (Å²) in [7, 11) is 0. The van der Waals surface area contributed by atoms with Crippen molar-refractivity contribution >= 4 is 17.3 Å². The highest BCUT2D eigenvalue weighted by Crippen LogP contribution is 2.29. The Bertz CT molecular complexity index is 739. The van der Waals surface area contributed by atoms with Crippen LogP contribution in [0.5, 0.6) is 17.2 Å². The molecule has 0 heterocycles. The minimum absolute atomic E-state index is 0.00899. The number of ether oxygens (including phenoxy) is 3. The number of amides is 1. The molecule has 0 bridgehead atoms. The molecule has 0 fully saturated rings. The van der Waals surface area contributed by atoms with Crippen molar-refractivity contribution in [1.82, 2.24) is 0 Å². The van der Waals surface area contributed by atoms with Gasteiger partial charge in [0, 0.05) is 11.8 Å². The summed E-state index contributed by atoms with van der Waals surface area (Å²) in [6, 6.07) is 11.0. The third-order valence-electron chi connectivity index (χ3n) is 3.36. The summed E-state index contributed by atoms with van der Waals surface area (Å²) >= 11 is 0. The molecule has 2 aromatic rings. The maximum atomic E-state index is 12.1. The summed E-state index contributed by atoms with van der Waals surface area (Å²) in [6.07, 6.45) is 0. The van der Waals surface area contributed by atoms with E-state index in [1.165, 1.54) is 24.3 Å². The second-order valence-corrected chi connectivity index (χ2v) is 5.33. The largest absolute Gasteiger partial charge is 0.494 e. The van der Waals surface area contributed by atoms with Crippen molar-refractivity contribution in [3.05, 3.63) is 42.5 Å². The zero-order chi connectivity index (χ0) is 19.6. The number of rotatable bonds is 10. The zero-order valence-corrected chi connectivity index (χ0v) is 15.1. The van der Waals surface area contributed by atoms with E-state index in [-0.39, 0.29) is 18.2 Å². The first-order valence-electron chi connectivity index (χ1n) is 8.50. The van der Waals surface area contributed by atoms with Gasteiger partial charge >= 0.3 is 6.61 Å². The number of halogens is 2. The number of hydrogen-bond acceptors (Lipinski definition) is 5. The van der Waals surface area contributed by atoms with Gasteiger partial charge in [-0.05, 0) is 50.2 Å². The zero-order valence-electron chi connectivity index (χ0n) is 15.1. The standard InChI is InChI=1S/C19H22F2N2O4/c1-3-25-15-9-10-17(26-4-2)16(11-15)22-12-18(24)23-13-5-7-14(8-6-13)27-19(20)21/h5-11,19,22H,3-4,12H2,1-2H3,(H,23,24). The third-order valence-corrected chi connectivity index (χ3v) is 3.36. The molecule has 146 valence electrons. The van der Waals surface area contributed by atoms with E-state index in [2.05, 4.69) is 15.4 Å². The van der Waals surface area contributed by atoms with Gasteiger partial charge < -0.3 is 24.8 Å². The average Bonchev–Trinajstić information content (AvgIpc) is 2.63. The molecule has 0 aliphatic heterocycles. The van der Waals surface area contributed by atoms with Gasteiger partial charge in [-0.3, -0.25) is 4.79 Å².